The maximum absolute atomic E-state index is 13.0. The van der Waals surface area contributed by atoms with Crippen LogP contribution < -0.4 is 5.32 Å². The summed E-state index contributed by atoms with van der Waals surface area (Å²) >= 11 is 5.97. The number of imidazole rings is 1. The minimum Gasteiger partial charge on any atom is -0.465 e. The average Bonchev–Trinajstić information content (AvgIpc) is 3.34. The molecular formula is C20H22ClN5O3. The van der Waals surface area contributed by atoms with Gasteiger partial charge in [0.2, 0.25) is 5.91 Å². The van der Waals surface area contributed by atoms with Crippen molar-refractivity contribution in [3.63, 3.8) is 0 Å². The molecular weight excluding hydrogens is 394 g/mol. The number of halogens is 1. The quantitative estimate of drug-likeness (QED) is 0.689. The molecule has 0 aliphatic carbocycles. The first-order valence-electron chi connectivity index (χ1n) is 9.36. The highest BCUT2D eigenvalue weighted by molar-refractivity contribution is 6.30. The molecule has 0 saturated carbocycles. The molecule has 1 aromatic carbocycles. The van der Waals surface area contributed by atoms with Crippen molar-refractivity contribution in [2.75, 3.05) is 6.54 Å². The normalized spacial score (nSPS) is 17.2. The molecule has 1 saturated heterocycles. The van der Waals surface area contributed by atoms with Crippen LogP contribution >= 0.6 is 11.6 Å². The second kappa shape index (κ2) is 8.53. The summed E-state index contributed by atoms with van der Waals surface area (Å²) in [5, 5.41) is 21.2. The standard InChI is InChI=1S/C20H22ClN5O3/c1-11(2)17(25-20(28)29)19(27)26-7-3-4-16(26)18-23-10-15(24-18)14-6-5-13(21)8-12(14)9-22/h5-6,8,10-11,16-17,25H,3-4,7H2,1-2H3,(H,23,24)(H,28,29). The van der Waals surface area contributed by atoms with Crippen molar-refractivity contribution in [1.29, 1.82) is 5.26 Å². The molecule has 9 heteroatoms. The largest absolute Gasteiger partial charge is 0.465 e. The minimum atomic E-state index is -1.22. The molecule has 2 unspecified atom stereocenters. The Kier molecular flexibility index (Phi) is 6.09. The Morgan fingerprint density at radius 3 is 2.86 bits per heavy atom. The molecule has 2 heterocycles. The van der Waals surface area contributed by atoms with E-state index in [0.29, 0.717) is 34.2 Å². The number of benzene rings is 1. The third kappa shape index (κ3) is 4.35. The fourth-order valence-corrected chi connectivity index (χ4v) is 3.80. The van der Waals surface area contributed by atoms with Crippen molar-refractivity contribution in [1.82, 2.24) is 20.2 Å². The van der Waals surface area contributed by atoms with Crippen LogP contribution in [-0.2, 0) is 4.79 Å². The number of carbonyl (C=O) groups excluding carboxylic acids is 1. The second-order valence-corrected chi connectivity index (χ2v) is 7.78. The van der Waals surface area contributed by atoms with E-state index >= 15 is 0 Å². The van der Waals surface area contributed by atoms with Gasteiger partial charge in [0.15, 0.2) is 0 Å². The van der Waals surface area contributed by atoms with Crippen LogP contribution in [0.3, 0.4) is 0 Å². The zero-order chi connectivity index (χ0) is 21.1. The molecule has 2 aromatic rings. The van der Waals surface area contributed by atoms with Gasteiger partial charge in [-0.25, -0.2) is 9.78 Å². The van der Waals surface area contributed by atoms with Crippen molar-refractivity contribution in [2.45, 2.75) is 38.8 Å². The van der Waals surface area contributed by atoms with Crippen molar-refractivity contribution in [3.8, 4) is 17.3 Å². The number of carboxylic acid groups (broad SMARTS) is 1. The summed E-state index contributed by atoms with van der Waals surface area (Å²) in [5.74, 6) is 0.175. The number of nitrogens with zero attached hydrogens (tertiary/aromatic N) is 3. The topological polar surface area (TPSA) is 122 Å². The summed E-state index contributed by atoms with van der Waals surface area (Å²) in [6, 6.07) is 6.08. The molecule has 29 heavy (non-hydrogen) atoms. The summed E-state index contributed by atoms with van der Waals surface area (Å²) in [5.41, 5.74) is 1.77. The Morgan fingerprint density at radius 1 is 1.45 bits per heavy atom. The maximum Gasteiger partial charge on any atom is 0.405 e. The highest BCUT2D eigenvalue weighted by Gasteiger charge is 2.37. The van der Waals surface area contributed by atoms with Crippen molar-refractivity contribution >= 4 is 23.6 Å². The molecule has 3 rings (SSSR count). The third-order valence-electron chi connectivity index (χ3n) is 5.05. The van der Waals surface area contributed by atoms with Crippen LogP contribution in [0.2, 0.25) is 5.02 Å². The SMILES string of the molecule is CC(C)C(NC(=O)O)C(=O)N1CCCC1c1ncc(-c2ccc(Cl)cc2C#N)[nH]1. The van der Waals surface area contributed by atoms with Gasteiger partial charge in [0.25, 0.3) is 0 Å². The number of amides is 2. The maximum atomic E-state index is 13.0. The smallest absolute Gasteiger partial charge is 0.405 e. The van der Waals surface area contributed by atoms with Crippen LogP contribution in [0.5, 0.6) is 0 Å². The minimum absolute atomic E-state index is 0.181. The van der Waals surface area contributed by atoms with Gasteiger partial charge in [0.1, 0.15) is 11.9 Å². The van der Waals surface area contributed by atoms with Gasteiger partial charge in [0, 0.05) is 17.1 Å². The zero-order valence-electron chi connectivity index (χ0n) is 16.1. The molecule has 1 aliphatic heterocycles. The van der Waals surface area contributed by atoms with E-state index in [9.17, 15) is 14.9 Å². The van der Waals surface area contributed by atoms with Crippen molar-refractivity contribution < 1.29 is 14.7 Å². The number of hydrogen-bond donors (Lipinski definition) is 3. The van der Waals surface area contributed by atoms with E-state index in [2.05, 4.69) is 21.4 Å². The zero-order valence-corrected chi connectivity index (χ0v) is 16.9. The molecule has 1 aliphatic rings. The average molecular weight is 416 g/mol. The number of hydrogen-bond acceptors (Lipinski definition) is 4. The molecule has 2 amide bonds. The Balaban J connectivity index is 1.87. The van der Waals surface area contributed by atoms with Crippen LogP contribution in [0.25, 0.3) is 11.3 Å². The first-order valence-corrected chi connectivity index (χ1v) is 9.74. The van der Waals surface area contributed by atoms with E-state index in [-0.39, 0.29) is 17.9 Å². The number of rotatable bonds is 5. The van der Waals surface area contributed by atoms with Gasteiger partial charge in [-0.05, 0) is 30.9 Å². The fourth-order valence-electron chi connectivity index (χ4n) is 3.63. The summed E-state index contributed by atoms with van der Waals surface area (Å²) in [7, 11) is 0. The first-order chi connectivity index (χ1) is 13.8. The van der Waals surface area contributed by atoms with Gasteiger partial charge in [-0.3, -0.25) is 4.79 Å². The molecule has 0 bridgehead atoms. The van der Waals surface area contributed by atoms with E-state index < -0.39 is 12.1 Å². The Morgan fingerprint density at radius 2 is 2.21 bits per heavy atom. The molecule has 152 valence electrons. The molecule has 0 spiro atoms. The van der Waals surface area contributed by atoms with Crippen LogP contribution in [0, 0.1) is 17.2 Å². The summed E-state index contributed by atoms with van der Waals surface area (Å²) < 4.78 is 0. The molecule has 1 aromatic heterocycles. The van der Waals surface area contributed by atoms with Crippen molar-refractivity contribution in [2.24, 2.45) is 5.92 Å². The number of carbonyl (C=O) groups is 2. The number of likely N-dealkylation sites (tertiary alicyclic amines) is 1. The molecule has 0 radical (unpaired) electrons. The number of H-pyrrole nitrogens is 1. The van der Waals surface area contributed by atoms with Gasteiger partial charge >= 0.3 is 6.09 Å². The lowest BCUT2D eigenvalue weighted by Gasteiger charge is -2.29. The Hall–Kier alpha value is -3.05. The highest BCUT2D eigenvalue weighted by Crippen LogP contribution is 2.33. The molecule has 2 atom stereocenters. The molecule has 1 fully saturated rings. The predicted molar refractivity (Wildman–Crippen MR) is 107 cm³/mol. The summed E-state index contributed by atoms with van der Waals surface area (Å²) in [6.45, 7) is 4.14. The van der Waals surface area contributed by atoms with Gasteiger partial charge in [0.05, 0.1) is 29.6 Å². The lowest BCUT2D eigenvalue weighted by Crippen LogP contribution is -2.50. The Labute approximate surface area is 173 Å². The van der Waals surface area contributed by atoms with E-state index in [4.69, 9.17) is 16.7 Å². The lowest BCUT2D eigenvalue weighted by atomic mass is 10.0. The van der Waals surface area contributed by atoms with Crippen LogP contribution in [0.15, 0.2) is 24.4 Å². The Bertz CT molecular complexity index is 965. The third-order valence-corrected chi connectivity index (χ3v) is 5.29. The van der Waals surface area contributed by atoms with Gasteiger partial charge in [-0.1, -0.05) is 31.5 Å². The summed E-state index contributed by atoms with van der Waals surface area (Å²) in [4.78, 5) is 33.5. The highest BCUT2D eigenvalue weighted by atomic mass is 35.5. The van der Waals surface area contributed by atoms with Crippen molar-refractivity contribution in [3.05, 3.63) is 40.8 Å². The van der Waals surface area contributed by atoms with Crippen LogP contribution in [-0.4, -0.2) is 44.6 Å². The van der Waals surface area contributed by atoms with E-state index in [1.54, 1.807) is 43.1 Å². The number of aromatic nitrogens is 2. The van der Waals surface area contributed by atoms with Gasteiger partial charge in [-0.15, -0.1) is 0 Å². The number of aromatic amines is 1. The monoisotopic (exact) mass is 415 g/mol. The fraction of sp³-hybridized carbons (Fsp3) is 0.400. The van der Waals surface area contributed by atoms with Gasteiger partial charge < -0.3 is 20.3 Å². The predicted octanol–water partition coefficient (Wildman–Crippen LogP) is 3.56. The van der Waals surface area contributed by atoms with Crippen LogP contribution in [0.4, 0.5) is 4.79 Å². The molecule has 3 N–H and O–H groups in total. The summed E-state index contributed by atoms with van der Waals surface area (Å²) in [6.07, 6.45) is 1.94. The molecule has 8 nitrogen and oxygen atoms in total. The lowest BCUT2D eigenvalue weighted by molar-refractivity contribution is -0.135. The second-order valence-electron chi connectivity index (χ2n) is 7.34. The van der Waals surface area contributed by atoms with E-state index in [1.807, 2.05) is 0 Å². The van der Waals surface area contributed by atoms with Crippen LogP contribution in [0.1, 0.15) is 44.1 Å². The first kappa shape index (κ1) is 20.7. The van der Waals surface area contributed by atoms with E-state index in [1.165, 1.54) is 0 Å². The number of nitriles is 1. The van der Waals surface area contributed by atoms with Gasteiger partial charge in [-0.2, -0.15) is 5.26 Å². The van der Waals surface area contributed by atoms with E-state index in [0.717, 1.165) is 12.8 Å². The number of nitrogens with one attached hydrogen (secondary N) is 2.